The van der Waals surface area contributed by atoms with Crippen LogP contribution in [0, 0.1) is 0 Å². The molecule has 0 radical (unpaired) electrons. The Morgan fingerprint density at radius 3 is 2.79 bits per heavy atom. The second-order valence-corrected chi connectivity index (χ2v) is 4.99. The van der Waals surface area contributed by atoms with Crippen LogP contribution in [0.1, 0.15) is 30.7 Å². The molecule has 0 saturated carbocycles. The molecule has 0 amide bonds. The number of aliphatic hydroxyl groups excluding tert-OH is 1. The van der Waals surface area contributed by atoms with Gasteiger partial charge in [0.05, 0.1) is 23.5 Å². The first-order chi connectivity index (χ1) is 9.17. The molecule has 0 saturated heterocycles. The summed E-state index contributed by atoms with van der Waals surface area (Å²) >= 11 is 3.42. The zero-order valence-corrected chi connectivity index (χ0v) is 12.5. The summed E-state index contributed by atoms with van der Waals surface area (Å²) in [4.78, 5) is 4.11. The zero-order valence-electron chi connectivity index (χ0n) is 10.9. The monoisotopic (exact) mass is 325 g/mol. The van der Waals surface area contributed by atoms with Crippen LogP contribution in [0.2, 0.25) is 0 Å². The van der Waals surface area contributed by atoms with Crippen LogP contribution in [0.15, 0.2) is 29.0 Å². The van der Waals surface area contributed by atoms with Gasteiger partial charge in [-0.25, -0.2) is 4.98 Å². The van der Waals surface area contributed by atoms with E-state index in [0.717, 1.165) is 23.1 Å². The molecule has 0 aliphatic carbocycles. The number of hydrogen-bond donors (Lipinski definition) is 1. The summed E-state index contributed by atoms with van der Waals surface area (Å²) in [7, 11) is 1.56. The van der Waals surface area contributed by atoms with Crippen molar-refractivity contribution in [2.45, 2.75) is 26.0 Å². The third-order valence-electron chi connectivity index (χ3n) is 2.81. The van der Waals surface area contributed by atoms with Gasteiger partial charge in [0, 0.05) is 24.4 Å². The van der Waals surface area contributed by atoms with Crippen molar-refractivity contribution in [2.75, 3.05) is 7.11 Å². The number of methoxy groups -OCH3 is 1. The fraction of sp³-hybridized carbons (Fsp3) is 0.385. The van der Waals surface area contributed by atoms with Crippen molar-refractivity contribution in [1.82, 2.24) is 14.8 Å². The minimum atomic E-state index is -0.762. The van der Waals surface area contributed by atoms with Crippen LogP contribution >= 0.6 is 15.9 Å². The van der Waals surface area contributed by atoms with Gasteiger partial charge in [0.25, 0.3) is 0 Å². The van der Waals surface area contributed by atoms with E-state index in [1.807, 2.05) is 0 Å². The van der Waals surface area contributed by atoms with Crippen molar-refractivity contribution in [2.24, 2.45) is 0 Å². The normalized spacial score (nSPS) is 12.4. The largest absolute Gasteiger partial charge is 0.481 e. The number of aromatic nitrogens is 3. The molecule has 0 spiro atoms. The zero-order chi connectivity index (χ0) is 13.8. The standard InChI is InChI=1S/C13H16BrN3O2/c1-3-6-17-12(10(14)8-16-17)13(18)9-4-5-11(19-2)15-7-9/h4-5,7-8,13,18H,3,6H2,1-2H3. The van der Waals surface area contributed by atoms with Crippen molar-refractivity contribution in [3.05, 3.63) is 40.3 Å². The molecule has 6 heteroatoms. The maximum atomic E-state index is 10.5. The Balaban J connectivity index is 2.31. The number of aryl methyl sites for hydroxylation is 1. The molecular formula is C13H16BrN3O2. The van der Waals surface area contributed by atoms with E-state index in [1.165, 1.54) is 0 Å². The lowest BCUT2D eigenvalue weighted by Gasteiger charge is -2.14. The lowest BCUT2D eigenvalue weighted by atomic mass is 10.1. The SMILES string of the molecule is CCCn1ncc(Br)c1C(O)c1ccc(OC)nc1. The van der Waals surface area contributed by atoms with Crippen LogP contribution in [-0.4, -0.2) is 27.0 Å². The van der Waals surface area contributed by atoms with Crippen LogP contribution < -0.4 is 4.74 Å². The van der Waals surface area contributed by atoms with Gasteiger partial charge >= 0.3 is 0 Å². The molecular weight excluding hydrogens is 310 g/mol. The van der Waals surface area contributed by atoms with Gasteiger partial charge in [0.2, 0.25) is 5.88 Å². The van der Waals surface area contributed by atoms with Gasteiger partial charge in [0.1, 0.15) is 6.10 Å². The van der Waals surface area contributed by atoms with Crippen LogP contribution in [0.25, 0.3) is 0 Å². The Bertz CT molecular complexity index is 539. The molecule has 1 atom stereocenters. The maximum absolute atomic E-state index is 10.5. The molecule has 1 N–H and O–H groups in total. The van der Waals surface area contributed by atoms with Gasteiger partial charge < -0.3 is 9.84 Å². The molecule has 2 heterocycles. The van der Waals surface area contributed by atoms with E-state index < -0.39 is 6.10 Å². The number of aliphatic hydroxyl groups is 1. The quantitative estimate of drug-likeness (QED) is 0.917. The summed E-state index contributed by atoms with van der Waals surface area (Å²) in [6.07, 6.45) is 3.50. The molecule has 1 unspecified atom stereocenters. The summed E-state index contributed by atoms with van der Waals surface area (Å²) in [5.41, 5.74) is 1.45. The first-order valence-electron chi connectivity index (χ1n) is 6.06. The highest BCUT2D eigenvalue weighted by Gasteiger charge is 2.19. The average Bonchev–Trinajstić information content (AvgIpc) is 2.80. The number of hydrogen-bond acceptors (Lipinski definition) is 4. The van der Waals surface area contributed by atoms with Crippen molar-refractivity contribution < 1.29 is 9.84 Å². The molecule has 0 fully saturated rings. The fourth-order valence-corrected chi connectivity index (χ4v) is 2.38. The van der Waals surface area contributed by atoms with E-state index >= 15 is 0 Å². The van der Waals surface area contributed by atoms with E-state index in [4.69, 9.17) is 4.74 Å². The van der Waals surface area contributed by atoms with Gasteiger partial charge in [-0.3, -0.25) is 4.68 Å². The Kier molecular flexibility index (Phi) is 4.55. The van der Waals surface area contributed by atoms with E-state index in [2.05, 4.69) is 32.9 Å². The molecule has 5 nitrogen and oxygen atoms in total. The van der Waals surface area contributed by atoms with Crippen LogP contribution in [0.5, 0.6) is 5.88 Å². The van der Waals surface area contributed by atoms with Crippen LogP contribution in [-0.2, 0) is 6.54 Å². The third-order valence-corrected chi connectivity index (χ3v) is 3.42. The third kappa shape index (κ3) is 2.96. The van der Waals surface area contributed by atoms with E-state index in [1.54, 1.807) is 36.3 Å². The van der Waals surface area contributed by atoms with Gasteiger partial charge in [-0.05, 0) is 28.4 Å². The van der Waals surface area contributed by atoms with E-state index in [9.17, 15) is 5.11 Å². The number of halogens is 1. The number of ether oxygens (including phenoxy) is 1. The second-order valence-electron chi connectivity index (χ2n) is 4.14. The smallest absolute Gasteiger partial charge is 0.212 e. The van der Waals surface area contributed by atoms with Crippen molar-refractivity contribution in [1.29, 1.82) is 0 Å². The Morgan fingerprint density at radius 1 is 1.42 bits per heavy atom. The highest BCUT2D eigenvalue weighted by atomic mass is 79.9. The number of nitrogens with zero attached hydrogens (tertiary/aromatic N) is 3. The minimum absolute atomic E-state index is 0.525. The summed E-state index contributed by atoms with van der Waals surface area (Å²) in [5.74, 6) is 0.525. The Morgan fingerprint density at radius 2 is 2.21 bits per heavy atom. The second kappa shape index (κ2) is 6.16. The first kappa shape index (κ1) is 14.0. The molecule has 102 valence electrons. The highest BCUT2D eigenvalue weighted by Crippen LogP contribution is 2.28. The van der Waals surface area contributed by atoms with Gasteiger partial charge in [-0.15, -0.1) is 0 Å². The summed E-state index contributed by atoms with van der Waals surface area (Å²) in [6.45, 7) is 2.84. The van der Waals surface area contributed by atoms with E-state index in [-0.39, 0.29) is 0 Å². The molecule has 0 bridgehead atoms. The molecule has 0 aliphatic heterocycles. The molecule has 0 aromatic carbocycles. The average molecular weight is 326 g/mol. The summed E-state index contributed by atoms with van der Waals surface area (Å²) in [6, 6.07) is 3.53. The predicted octanol–water partition coefficient (Wildman–Crippen LogP) is 2.54. The lowest BCUT2D eigenvalue weighted by molar-refractivity contribution is 0.206. The number of pyridine rings is 1. The van der Waals surface area contributed by atoms with E-state index in [0.29, 0.717) is 11.4 Å². The fourth-order valence-electron chi connectivity index (χ4n) is 1.87. The van der Waals surface area contributed by atoms with Crippen molar-refractivity contribution in [3.63, 3.8) is 0 Å². The van der Waals surface area contributed by atoms with Crippen molar-refractivity contribution >= 4 is 15.9 Å². The predicted molar refractivity (Wildman–Crippen MR) is 75.1 cm³/mol. The molecule has 2 aromatic rings. The van der Waals surface area contributed by atoms with Gasteiger partial charge in [-0.1, -0.05) is 6.92 Å². The molecule has 0 aliphatic rings. The summed E-state index contributed by atoms with van der Waals surface area (Å²) in [5, 5.41) is 14.7. The van der Waals surface area contributed by atoms with Crippen LogP contribution in [0.3, 0.4) is 0 Å². The van der Waals surface area contributed by atoms with Gasteiger partial charge in [-0.2, -0.15) is 5.10 Å². The Labute approximate surface area is 120 Å². The summed E-state index contributed by atoms with van der Waals surface area (Å²) < 4.78 is 7.61. The minimum Gasteiger partial charge on any atom is -0.481 e. The number of rotatable bonds is 5. The Hall–Kier alpha value is -1.40. The van der Waals surface area contributed by atoms with Crippen LogP contribution in [0.4, 0.5) is 0 Å². The molecule has 2 aromatic heterocycles. The maximum Gasteiger partial charge on any atom is 0.212 e. The topological polar surface area (TPSA) is 60.2 Å². The first-order valence-corrected chi connectivity index (χ1v) is 6.85. The van der Waals surface area contributed by atoms with Crippen molar-refractivity contribution in [3.8, 4) is 5.88 Å². The molecule has 2 rings (SSSR count). The van der Waals surface area contributed by atoms with Gasteiger partial charge in [0.15, 0.2) is 0 Å². The lowest BCUT2D eigenvalue weighted by Crippen LogP contribution is -2.11. The molecule has 19 heavy (non-hydrogen) atoms. The highest BCUT2D eigenvalue weighted by molar-refractivity contribution is 9.10.